The molecule has 0 radical (unpaired) electrons. The minimum absolute atomic E-state index is 0.120. The first-order valence-corrected chi connectivity index (χ1v) is 5.52. The zero-order valence-corrected chi connectivity index (χ0v) is 10.1. The first-order valence-electron chi connectivity index (χ1n) is 5.52. The van der Waals surface area contributed by atoms with Crippen LogP contribution in [0.3, 0.4) is 0 Å². The lowest BCUT2D eigenvalue weighted by Gasteiger charge is -2.22. The number of rotatable bonds is 1. The maximum atomic E-state index is 11.8. The van der Waals surface area contributed by atoms with Crippen molar-refractivity contribution >= 4 is 5.91 Å². The topological polar surface area (TPSA) is 62.1 Å². The van der Waals surface area contributed by atoms with Gasteiger partial charge in [0.1, 0.15) is 11.8 Å². The first kappa shape index (κ1) is 12.6. The summed E-state index contributed by atoms with van der Waals surface area (Å²) in [6.07, 6.45) is 2.65. The number of ether oxygens (including phenoxy) is 1. The van der Waals surface area contributed by atoms with E-state index in [0.717, 1.165) is 12.8 Å². The zero-order chi connectivity index (χ0) is 12.2. The van der Waals surface area contributed by atoms with Crippen LogP contribution in [-0.2, 0) is 9.53 Å². The first-order chi connectivity index (χ1) is 7.44. The zero-order valence-electron chi connectivity index (χ0n) is 10.1. The van der Waals surface area contributed by atoms with Crippen LogP contribution in [0, 0.1) is 11.3 Å². The summed E-state index contributed by atoms with van der Waals surface area (Å²) in [6, 6.07) is 1.94. The Kier molecular flexibility index (Phi) is 3.94. The normalized spacial score (nSPS) is 19.4. The van der Waals surface area contributed by atoms with Gasteiger partial charge in [0.25, 0.3) is 5.91 Å². The van der Waals surface area contributed by atoms with Gasteiger partial charge in [-0.15, -0.1) is 0 Å². The highest BCUT2D eigenvalue weighted by Crippen LogP contribution is 2.20. The quantitative estimate of drug-likeness (QED) is 0.544. The van der Waals surface area contributed by atoms with Crippen molar-refractivity contribution in [2.45, 2.75) is 45.6 Å². The highest BCUT2D eigenvalue weighted by molar-refractivity contribution is 5.98. The summed E-state index contributed by atoms with van der Waals surface area (Å²) < 4.78 is 5.36. The van der Waals surface area contributed by atoms with Crippen LogP contribution >= 0.6 is 0 Å². The van der Waals surface area contributed by atoms with Crippen molar-refractivity contribution in [2.24, 2.45) is 0 Å². The Balaban J connectivity index is 2.82. The number of carbonyl (C=O) groups excluding carboxylic acids is 1. The van der Waals surface area contributed by atoms with Gasteiger partial charge in [-0.1, -0.05) is 0 Å². The lowest BCUT2D eigenvalue weighted by Crippen LogP contribution is -2.41. The van der Waals surface area contributed by atoms with Crippen LogP contribution in [0.25, 0.3) is 0 Å². The molecule has 4 nitrogen and oxygen atoms in total. The van der Waals surface area contributed by atoms with Crippen LogP contribution in [-0.4, -0.2) is 18.1 Å². The number of hydrogen-bond acceptors (Lipinski definition) is 3. The van der Waals surface area contributed by atoms with Crippen LogP contribution in [0.1, 0.15) is 40.0 Å². The van der Waals surface area contributed by atoms with Gasteiger partial charge in [-0.25, -0.2) is 0 Å². The smallest absolute Gasteiger partial charge is 0.265 e. The highest BCUT2D eigenvalue weighted by Gasteiger charge is 2.22. The fourth-order valence-electron chi connectivity index (χ4n) is 1.50. The predicted molar refractivity (Wildman–Crippen MR) is 60.3 cm³/mol. The van der Waals surface area contributed by atoms with E-state index in [0.29, 0.717) is 18.8 Å². The van der Waals surface area contributed by atoms with Gasteiger partial charge in [0.05, 0.1) is 6.61 Å². The van der Waals surface area contributed by atoms with Gasteiger partial charge < -0.3 is 10.1 Å². The summed E-state index contributed by atoms with van der Waals surface area (Å²) in [6.45, 7) is 6.24. The number of nitrogens with one attached hydrogen (secondary N) is 1. The molecule has 88 valence electrons. The number of nitrogens with zero attached hydrogens (tertiary/aromatic N) is 1. The lowest BCUT2D eigenvalue weighted by atomic mass is 10.1. The molecular weight excluding hydrogens is 204 g/mol. The standard InChI is InChI=1S/C12H18N2O2/c1-12(2,3)14-11(15)9(8-13)10-6-4-5-7-16-10/h4-7H2,1-3H3,(H,14,15)/b10-9+. The number of carbonyl (C=O) groups is 1. The van der Waals surface area contributed by atoms with Crippen molar-refractivity contribution in [3.05, 3.63) is 11.3 Å². The van der Waals surface area contributed by atoms with Gasteiger partial charge in [-0.05, 0) is 33.6 Å². The average molecular weight is 222 g/mol. The Morgan fingerprint density at radius 3 is 2.56 bits per heavy atom. The molecule has 0 aliphatic carbocycles. The molecule has 1 saturated heterocycles. The van der Waals surface area contributed by atoms with E-state index in [1.165, 1.54) is 0 Å². The van der Waals surface area contributed by atoms with E-state index < -0.39 is 0 Å². The van der Waals surface area contributed by atoms with Crippen LogP contribution in [0.2, 0.25) is 0 Å². The summed E-state index contributed by atoms with van der Waals surface area (Å²) in [5, 5.41) is 11.8. The Bertz CT molecular complexity index is 337. The molecule has 0 spiro atoms. The Hall–Kier alpha value is -1.50. The van der Waals surface area contributed by atoms with E-state index >= 15 is 0 Å². The summed E-state index contributed by atoms with van der Waals surface area (Å²) in [7, 11) is 0. The van der Waals surface area contributed by atoms with Gasteiger partial charge in [0, 0.05) is 12.0 Å². The average Bonchev–Trinajstić information content (AvgIpc) is 2.17. The highest BCUT2D eigenvalue weighted by atomic mass is 16.5. The molecule has 1 rings (SSSR count). The third-order valence-electron chi connectivity index (χ3n) is 2.18. The number of hydrogen-bond donors (Lipinski definition) is 1. The molecule has 16 heavy (non-hydrogen) atoms. The molecule has 1 N–H and O–H groups in total. The van der Waals surface area contributed by atoms with Crippen LogP contribution in [0.15, 0.2) is 11.3 Å². The SMILES string of the molecule is CC(C)(C)NC(=O)/C(C#N)=C1\CCCCO1. The van der Waals surface area contributed by atoms with E-state index in [1.54, 1.807) is 0 Å². The summed E-state index contributed by atoms with van der Waals surface area (Å²) in [5.41, 5.74) is -0.219. The number of allylic oxidation sites excluding steroid dienone is 1. The monoisotopic (exact) mass is 222 g/mol. The maximum absolute atomic E-state index is 11.8. The van der Waals surface area contributed by atoms with Crippen LogP contribution in [0.4, 0.5) is 0 Å². The summed E-state index contributed by atoms with van der Waals surface area (Å²) in [5.74, 6) is 0.197. The molecule has 1 aliphatic heterocycles. The van der Waals surface area contributed by atoms with Crippen LogP contribution < -0.4 is 5.32 Å². The Morgan fingerprint density at radius 1 is 1.44 bits per heavy atom. The number of nitriles is 1. The van der Waals surface area contributed by atoms with Gasteiger partial charge >= 0.3 is 0 Å². The van der Waals surface area contributed by atoms with E-state index in [9.17, 15) is 4.79 Å². The molecule has 1 fully saturated rings. The van der Waals surface area contributed by atoms with Gasteiger partial charge in [-0.3, -0.25) is 4.79 Å². The van der Waals surface area contributed by atoms with E-state index in [4.69, 9.17) is 10.00 Å². The van der Waals surface area contributed by atoms with E-state index in [-0.39, 0.29) is 17.0 Å². The molecule has 1 amide bonds. The third kappa shape index (κ3) is 3.58. The second kappa shape index (κ2) is 5.02. The number of amides is 1. The maximum Gasteiger partial charge on any atom is 0.265 e. The summed E-state index contributed by atoms with van der Waals surface area (Å²) >= 11 is 0. The fourth-order valence-corrected chi connectivity index (χ4v) is 1.50. The van der Waals surface area contributed by atoms with Crippen molar-refractivity contribution in [2.75, 3.05) is 6.61 Å². The van der Waals surface area contributed by atoms with Crippen molar-refractivity contribution in [3.8, 4) is 6.07 Å². The molecular formula is C12H18N2O2. The Morgan fingerprint density at radius 2 is 2.12 bits per heavy atom. The van der Waals surface area contributed by atoms with Crippen LogP contribution in [0.5, 0.6) is 0 Å². The molecule has 0 atom stereocenters. The van der Waals surface area contributed by atoms with Crippen molar-refractivity contribution < 1.29 is 9.53 Å². The fraction of sp³-hybridized carbons (Fsp3) is 0.667. The molecule has 0 saturated carbocycles. The van der Waals surface area contributed by atoms with E-state index in [2.05, 4.69) is 5.32 Å². The molecule has 1 aliphatic rings. The lowest BCUT2D eigenvalue weighted by molar-refractivity contribution is -0.118. The van der Waals surface area contributed by atoms with Crippen molar-refractivity contribution in [1.82, 2.24) is 5.32 Å². The van der Waals surface area contributed by atoms with Crippen molar-refractivity contribution in [3.63, 3.8) is 0 Å². The van der Waals surface area contributed by atoms with Crippen molar-refractivity contribution in [1.29, 1.82) is 5.26 Å². The predicted octanol–water partition coefficient (Wildman–Crippen LogP) is 1.88. The van der Waals surface area contributed by atoms with Gasteiger partial charge in [0.15, 0.2) is 5.57 Å². The Labute approximate surface area is 96.3 Å². The second-order valence-electron chi connectivity index (χ2n) is 4.92. The molecule has 0 bridgehead atoms. The minimum atomic E-state index is -0.341. The largest absolute Gasteiger partial charge is 0.496 e. The summed E-state index contributed by atoms with van der Waals surface area (Å²) in [4.78, 5) is 11.8. The second-order valence-corrected chi connectivity index (χ2v) is 4.92. The molecule has 0 aromatic heterocycles. The van der Waals surface area contributed by atoms with Gasteiger partial charge in [0.2, 0.25) is 0 Å². The molecule has 0 aromatic carbocycles. The molecule has 0 aromatic rings. The minimum Gasteiger partial charge on any atom is -0.496 e. The molecule has 1 heterocycles. The molecule has 0 unspecified atom stereocenters. The van der Waals surface area contributed by atoms with E-state index in [1.807, 2.05) is 26.8 Å². The van der Waals surface area contributed by atoms with Gasteiger partial charge in [-0.2, -0.15) is 5.26 Å². The third-order valence-corrected chi connectivity index (χ3v) is 2.18. The molecule has 4 heteroatoms.